The van der Waals surface area contributed by atoms with Crippen LogP contribution >= 0.6 is 0 Å². The number of nitrogens with one attached hydrogen (secondary N) is 1. The Morgan fingerprint density at radius 3 is 2.76 bits per heavy atom. The summed E-state index contributed by atoms with van der Waals surface area (Å²) < 4.78 is 10.6. The summed E-state index contributed by atoms with van der Waals surface area (Å²) in [6.45, 7) is 3.37. The van der Waals surface area contributed by atoms with Crippen molar-refractivity contribution >= 4 is 5.69 Å². The van der Waals surface area contributed by atoms with Gasteiger partial charge in [-0.25, -0.2) is 0 Å². The summed E-state index contributed by atoms with van der Waals surface area (Å²) in [6.07, 6.45) is 2.30. The van der Waals surface area contributed by atoms with E-state index in [-0.39, 0.29) is 13.2 Å². The van der Waals surface area contributed by atoms with Crippen LogP contribution in [-0.4, -0.2) is 32.0 Å². The molecule has 0 atom stereocenters. The van der Waals surface area contributed by atoms with Crippen molar-refractivity contribution in [2.24, 2.45) is 0 Å². The van der Waals surface area contributed by atoms with Crippen molar-refractivity contribution < 1.29 is 14.6 Å². The Morgan fingerprint density at radius 1 is 1.29 bits per heavy atom. The molecule has 0 fully saturated rings. The fourth-order valence-corrected chi connectivity index (χ4v) is 1.46. The summed E-state index contributed by atoms with van der Waals surface area (Å²) in [5.41, 5.74) is 1.01. The average Bonchev–Trinajstić information content (AvgIpc) is 2.37. The van der Waals surface area contributed by atoms with Gasteiger partial charge in [0.05, 0.1) is 13.7 Å². The normalized spacial score (nSPS) is 10.1. The molecule has 0 radical (unpaired) electrons. The van der Waals surface area contributed by atoms with E-state index in [1.54, 1.807) is 7.11 Å². The number of aliphatic hydroxyl groups excluding tert-OH is 1. The molecule has 2 N–H and O–H groups in total. The monoisotopic (exact) mass is 239 g/mol. The number of hydrogen-bond donors (Lipinski definition) is 2. The molecule has 0 aliphatic rings. The van der Waals surface area contributed by atoms with E-state index >= 15 is 0 Å². The van der Waals surface area contributed by atoms with Gasteiger partial charge in [-0.15, -0.1) is 0 Å². The van der Waals surface area contributed by atoms with Crippen LogP contribution in [0.5, 0.6) is 11.5 Å². The molecule has 0 saturated carbocycles. The first-order chi connectivity index (χ1) is 8.31. The van der Waals surface area contributed by atoms with Crippen LogP contribution in [-0.2, 0) is 0 Å². The number of anilines is 1. The highest BCUT2D eigenvalue weighted by molar-refractivity contribution is 5.54. The van der Waals surface area contributed by atoms with Crippen molar-refractivity contribution in [1.82, 2.24) is 0 Å². The highest BCUT2D eigenvalue weighted by Crippen LogP contribution is 2.30. The Hall–Kier alpha value is -1.42. The Labute approximate surface area is 103 Å². The SMILES string of the molecule is CCCCNc1ccc(OC)c(OCCO)c1. The lowest BCUT2D eigenvalue weighted by Crippen LogP contribution is -2.05. The molecule has 0 spiro atoms. The molecule has 0 aromatic heterocycles. The number of aliphatic hydroxyl groups is 1. The van der Waals surface area contributed by atoms with Crippen LogP contribution in [0.25, 0.3) is 0 Å². The summed E-state index contributed by atoms with van der Waals surface area (Å²) in [7, 11) is 1.60. The number of unbranched alkanes of at least 4 members (excludes halogenated alkanes) is 1. The van der Waals surface area contributed by atoms with E-state index in [4.69, 9.17) is 14.6 Å². The molecule has 17 heavy (non-hydrogen) atoms. The predicted octanol–water partition coefficient (Wildman–Crippen LogP) is 2.28. The molecule has 1 aromatic rings. The van der Waals surface area contributed by atoms with Gasteiger partial charge in [-0.2, -0.15) is 0 Å². The number of methoxy groups -OCH3 is 1. The summed E-state index contributed by atoms with van der Waals surface area (Å²) in [5.74, 6) is 1.34. The van der Waals surface area contributed by atoms with Crippen LogP contribution < -0.4 is 14.8 Å². The van der Waals surface area contributed by atoms with Gasteiger partial charge in [0.25, 0.3) is 0 Å². The van der Waals surface area contributed by atoms with Crippen molar-refractivity contribution in [3.05, 3.63) is 18.2 Å². The minimum Gasteiger partial charge on any atom is -0.493 e. The average molecular weight is 239 g/mol. The highest BCUT2D eigenvalue weighted by Gasteiger charge is 2.05. The first kappa shape index (κ1) is 13.6. The number of rotatable bonds is 8. The lowest BCUT2D eigenvalue weighted by Gasteiger charge is -2.12. The van der Waals surface area contributed by atoms with Crippen LogP contribution in [0, 0.1) is 0 Å². The Kier molecular flexibility index (Phi) is 6.25. The fourth-order valence-electron chi connectivity index (χ4n) is 1.46. The van der Waals surface area contributed by atoms with Crippen LogP contribution in [0.1, 0.15) is 19.8 Å². The van der Waals surface area contributed by atoms with Crippen molar-refractivity contribution in [2.75, 3.05) is 32.2 Å². The molecule has 4 heteroatoms. The van der Waals surface area contributed by atoms with Gasteiger partial charge in [-0.3, -0.25) is 0 Å². The first-order valence-corrected chi connectivity index (χ1v) is 5.97. The maximum absolute atomic E-state index is 8.75. The van der Waals surface area contributed by atoms with E-state index in [0.29, 0.717) is 11.5 Å². The van der Waals surface area contributed by atoms with E-state index in [9.17, 15) is 0 Å². The van der Waals surface area contributed by atoms with Gasteiger partial charge in [-0.1, -0.05) is 13.3 Å². The topological polar surface area (TPSA) is 50.7 Å². The molecule has 0 heterocycles. The zero-order valence-corrected chi connectivity index (χ0v) is 10.5. The third-order valence-corrected chi connectivity index (χ3v) is 2.37. The van der Waals surface area contributed by atoms with Gasteiger partial charge < -0.3 is 19.9 Å². The molecule has 1 rings (SSSR count). The molecule has 1 aromatic carbocycles. The van der Waals surface area contributed by atoms with Crippen LogP contribution in [0.2, 0.25) is 0 Å². The minimum absolute atomic E-state index is 0.00333. The predicted molar refractivity (Wildman–Crippen MR) is 69.0 cm³/mol. The van der Waals surface area contributed by atoms with E-state index < -0.39 is 0 Å². The minimum atomic E-state index is -0.00333. The van der Waals surface area contributed by atoms with Crippen LogP contribution in [0.3, 0.4) is 0 Å². The second-order valence-corrected chi connectivity index (χ2v) is 3.72. The molecule has 0 amide bonds. The molecule has 4 nitrogen and oxygen atoms in total. The van der Waals surface area contributed by atoms with Crippen LogP contribution in [0.15, 0.2) is 18.2 Å². The second-order valence-electron chi connectivity index (χ2n) is 3.72. The Bertz CT molecular complexity index is 328. The zero-order valence-electron chi connectivity index (χ0n) is 10.5. The van der Waals surface area contributed by atoms with Crippen molar-refractivity contribution in [1.29, 1.82) is 0 Å². The highest BCUT2D eigenvalue weighted by atomic mass is 16.5. The number of hydrogen-bond acceptors (Lipinski definition) is 4. The second kappa shape index (κ2) is 7.79. The number of ether oxygens (including phenoxy) is 2. The summed E-state index contributed by atoms with van der Waals surface area (Å²) in [6, 6.07) is 5.71. The molecule has 96 valence electrons. The van der Waals surface area contributed by atoms with Crippen molar-refractivity contribution in [3.63, 3.8) is 0 Å². The third-order valence-electron chi connectivity index (χ3n) is 2.37. The smallest absolute Gasteiger partial charge is 0.163 e. The van der Waals surface area contributed by atoms with Gasteiger partial charge in [0.1, 0.15) is 6.61 Å². The summed E-state index contributed by atoms with van der Waals surface area (Å²) >= 11 is 0. The maximum Gasteiger partial charge on any atom is 0.163 e. The standard InChI is InChI=1S/C13H21NO3/c1-3-4-7-14-11-5-6-12(16-2)13(10-11)17-9-8-15/h5-6,10,14-15H,3-4,7-9H2,1-2H3. The Morgan fingerprint density at radius 2 is 2.12 bits per heavy atom. The van der Waals surface area contributed by atoms with Gasteiger partial charge in [-0.05, 0) is 18.6 Å². The lowest BCUT2D eigenvalue weighted by atomic mass is 10.2. The molecule has 0 unspecified atom stereocenters. The molecular formula is C13H21NO3. The molecule has 0 aliphatic carbocycles. The summed E-state index contributed by atoms with van der Waals surface area (Å²) in [5, 5.41) is 12.1. The Balaban J connectivity index is 2.66. The maximum atomic E-state index is 8.75. The number of benzene rings is 1. The van der Waals surface area contributed by atoms with Gasteiger partial charge in [0, 0.05) is 18.3 Å². The largest absolute Gasteiger partial charge is 0.493 e. The molecular weight excluding hydrogens is 218 g/mol. The van der Waals surface area contributed by atoms with Gasteiger partial charge >= 0.3 is 0 Å². The third kappa shape index (κ3) is 4.53. The van der Waals surface area contributed by atoms with Gasteiger partial charge in [0.15, 0.2) is 11.5 Å². The van der Waals surface area contributed by atoms with E-state index in [2.05, 4.69) is 12.2 Å². The van der Waals surface area contributed by atoms with Crippen molar-refractivity contribution in [3.8, 4) is 11.5 Å². The van der Waals surface area contributed by atoms with E-state index in [1.807, 2.05) is 18.2 Å². The van der Waals surface area contributed by atoms with Gasteiger partial charge in [0.2, 0.25) is 0 Å². The quantitative estimate of drug-likeness (QED) is 0.683. The lowest BCUT2D eigenvalue weighted by molar-refractivity contribution is 0.196. The van der Waals surface area contributed by atoms with E-state index in [1.165, 1.54) is 0 Å². The first-order valence-electron chi connectivity index (χ1n) is 5.97. The van der Waals surface area contributed by atoms with Crippen LogP contribution in [0.4, 0.5) is 5.69 Å². The molecule has 0 saturated heterocycles. The van der Waals surface area contributed by atoms with E-state index in [0.717, 1.165) is 25.1 Å². The summed E-state index contributed by atoms with van der Waals surface area (Å²) in [4.78, 5) is 0. The zero-order chi connectivity index (χ0) is 12.5. The van der Waals surface area contributed by atoms with Crippen molar-refractivity contribution in [2.45, 2.75) is 19.8 Å². The molecule has 0 aliphatic heterocycles. The fraction of sp³-hybridized carbons (Fsp3) is 0.538. The molecule has 0 bridgehead atoms.